The topological polar surface area (TPSA) is 81.1 Å². The van der Waals surface area contributed by atoms with Gasteiger partial charge in [-0.2, -0.15) is 0 Å². The van der Waals surface area contributed by atoms with E-state index >= 15 is 0 Å². The second kappa shape index (κ2) is 5.58. The van der Waals surface area contributed by atoms with Crippen LogP contribution in [0.15, 0.2) is 34.9 Å². The van der Waals surface area contributed by atoms with Crippen LogP contribution in [0.5, 0.6) is 0 Å². The molecule has 0 aliphatic rings. The fraction of sp³-hybridized carbons (Fsp3) is 0.182. The maximum atomic E-state index is 11.7. The number of carbonyl (C=O) groups excluding carboxylic acids is 1. The van der Waals surface area contributed by atoms with Gasteiger partial charge in [-0.05, 0) is 43.5 Å². The Kier molecular flexibility index (Phi) is 4.39. The number of amides is 1. The summed E-state index contributed by atoms with van der Waals surface area (Å²) in [5, 5.41) is 8.11. The van der Waals surface area contributed by atoms with Gasteiger partial charge >= 0.3 is 0 Å². The molecule has 4 nitrogen and oxygen atoms in total. The molecular weight excluding hydrogens is 222 g/mol. The largest absolute Gasteiger partial charge is 0.401 e. The summed E-state index contributed by atoms with van der Waals surface area (Å²) < 4.78 is 0. The van der Waals surface area contributed by atoms with Gasteiger partial charge in [0.05, 0.1) is 0 Å². The lowest BCUT2D eigenvalue weighted by Crippen LogP contribution is -2.17. The molecule has 1 amide bonds. The highest BCUT2D eigenvalue weighted by Gasteiger charge is 2.11. The highest BCUT2D eigenvalue weighted by molar-refractivity contribution is 8.01. The molecule has 1 rings (SSSR count). The predicted molar refractivity (Wildman–Crippen MR) is 68.5 cm³/mol. The van der Waals surface area contributed by atoms with Gasteiger partial charge in [-0.15, -0.1) is 0 Å². The SMILES string of the molecule is C/C(N)=C(/SN)C(=O)Nc1cccc(C)c1. The van der Waals surface area contributed by atoms with Gasteiger partial charge in [-0.25, -0.2) is 0 Å². The molecule has 0 heterocycles. The highest BCUT2D eigenvalue weighted by atomic mass is 32.2. The summed E-state index contributed by atoms with van der Waals surface area (Å²) in [6, 6.07) is 7.52. The van der Waals surface area contributed by atoms with Crippen LogP contribution in [0, 0.1) is 6.92 Å². The van der Waals surface area contributed by atoms with Crippen LogP contribution >= 0.6 is 11.9 Å². The summed E-state index contributed by atoms with van der Waals surface area (Å²) in [7, 11) is 0. The minimum Gasteiger partial charge on any atom is -0.401 e. The molecule has 86 valence electrons. The van der Waals surface area contributed by atoms with Crippen molar-refractivity contribution in [2.45, 2.75) is 13.8 Å². The zero-order valence-corrected chi connectivity index (χ0v) is 10.1. The van der Waals surface area contributed by atoms with Gasteiger partial charge in [0.2, 0.25) is 0 Å². The zero-order chi connectivity index (χ0) is 12.1. The Labute approximate surface area is 99.2 Å². The fourth-order valence-corrected chi connectivity index (χ4v) is 1.58. The molecule has 0 aliphatic heterocycles. The first-order valence-corrected chi connectivity index (χ1v) is 5.63. The van der Waals surface area contributed by atoms with Crippen LogP contribution in [0.2, 0.25) is 0 Å². The van der Waals surface area contributed by atoms with Crippen LogP contribution in [0.4, 0.5) is 5.69 Å². The third-order valence-electron chi connectivity index (χ3n) is 1.96. The second-order valence-electron chi connectivity index (χ2n) is 3.45. The van der Waals surface area contributed by atoms with Crippen molar-refractivity contribution < 1.29 is 4.79 Å². The molecule has 5 heteroatoms. The van der Waals surface area contributed by atoms with Gasteiger partial charge in [0, 0.05) is 11.4 Å². The molecule has 1 aromatic rings. The van der Waals surface area contributed by atoms with Crippen LogP contribution in [0.3, 0.4) is 0 Å². The van der Waals surface area contributed by atoms with Crippen LogP contribution < -0.4 is 16.2 Å². The first-order chi connectivity index (χ1) is 7.54. The van der Waals surface area contributed by atoms with E-state index in [2.05, 4.69) is 5.32 Å². The maximum absolute atomic E-state index is 11.7. The smallest absolute Gasteiger partial charge is 0.265 e. The number of benzene rings is 1. The summed E-state index contributed by atoms with van der Waals surface area (Å²) in [4.78, 5) is 12.1. The van der Waals surface area contributed by atoms with Crippen molar-refractivity contribution in [3.63, 3.8) is 0 Å². The number of anilines is 1. The van der Waals surface area contributed by atoms with Gasteiger partial charge < -0.3 is 11.1 Å². The molecular formula is C11H15N3OS. The lowest BCUT2D eigenvalue weighted by atomic mass is 10.2. The van der Waals surface area contributed by atoms with Crippen LogP contribution in [-0.4, -0.2) is 5.91 Å². The molecule has 0 atom stereocenters. The molecule has 0 unspecified atom stereocenters. The van der Waals surface area contributed by atoms with Crippen LogP contribution in [-0.2, 0) is 4.79 Å². The fourth-order valence-electron chi connectivity index (χ4n) is 1.24. The van der Waals surface area contributed by atoms with Crippen LogP contribution in [0.1, 0.15) is 12.5 Å². The van der Waals surface area contributed by atoms with Crippen molar-refractivity contribution in [3.8, 4) is 0 Å². The molecule has 5 N–H and O–H groups in total. The molecule has 1 aromatic carbocycles. The normalized spacial score (nSPS) is 11.9. The third-order valence-corrected chi connectivity index (χ3v) is 2.70. The Balaban J connectivity index is 2.83. The van der Waals surface area contributed by atoms with E-state index in [1.165, 1.54) is 0 Å². The first kappa shape index (κ1) is 12.6. The van der Waals surface area contributed by atoms with Crippen molar-refractivity contribution in [2.75, 3.05) is 5.32 Å². The van der Waals surface area contributed by atoms with E-state index in [-0.39, 0.29) is 5.91 Å². The lowest BCUT2D eigenvalue weighted by molar-refractivity contribution is -0.112. The molecule has 0 saturated heterocycles. The lowest BCUT2D eigenvalue weighted by Gasteiger charge is -2.08. The molecule has 0 saturated carbocycles. The Morgan fingerprint density at radius 1 is 1.44 bits per heavy atom. The first-order valence-electron chi connectivity index (χ1n) is 4.75. The summed E-state index contributed by atoms with van der Waals surface area (Å²) in [5.41, 5.74) is 7.78. The van der Waals surface area contributed by atoms with E-state index in [0.717, 1.165) is 23.2 Å². The number of rotatable bonds is 3. The summed E-state index contributed by atoms with van der Waals surface area (Å²) in [6.45, 7) is 3.60. The van der Waals surface area contributed by atoms with Crippen molar-refractivity contribution in [3.05, 3.63) is 40.4 Å². The molecule has 0 fully saturated rings. The molecule has 0 radical (unpaired) electrons. The average Bonchev–Trinajstić information content (AvgIpc) is 2.17. The summed E-state index contributed by atoms with van der Waals surface area (Å²) in [5.74, 6) is -0.280. The number of hydrogen-bond donors (Lipinski definition) is 3. The number of aryl methyl sites for hydroxylation is 1. The van der Waals surface area contributed by atoms with E-state index in [1.807, 2.05) is 31.2 Å². The molecule has 0 spiro atoms. The monoisotopic (exact) mass is 237 g/mol. The van der Waals surface area contributed by atoms with Gasteiger partial charge in [0.1, 0.15) is 4.91 Å². The Morgan fingerprint density at radius 2 is 2.12 bits per heavy atom. The number of allylic oxidation sites excluding steroid dienone is 1. The third kappa shape index (κ3) is 3.29. The van der Waals surface area contributed by atoms with E-state index < -0.39 is 0 Å². The van der Waals surface area contributed by atoms with E-state index in [0.29, 0.717) is 10.6 Å². The number of nitrogens with one attached hydrogen (secondary N) is 1. The minimum atomic E-state index is -0.280. The van der Waals surface area contributed by atoms with Crippen molar-refractivity contribution in [1.29, 1.82) is 0 Å². The zero-order valence-electron chi connectivity index (χ0n) is 9.28. The molecule has 0 aromatic heterocycles. The second-order valence-corrected chi connectivity index (χ2v) is 4.10. The standard InChI is InChI=1S/C11H15N3OS/c1-7-4-3-5-9(6-7)14-11(15)10(16-13)8(2)12/h3-6H,12-13H2,1-2H3,(H,14,15)/b10-8-. The average molecular weight is 237 g/mol. The van der Waals surface area contributed by atoms with E-state index in [1.54, 1.807) is 6.92 Å². The minimum absolute atomic E-state index is 0.280. The van der Waals surface area contributed by atoms with Crippen molar-refractivity contribution in [1.82, 2.24) is 0 Å². The summed E-state index contributed by atoms with van der Waals surface area (Å²) in [6.07, 6.45) is 0. The van der Waals surface area contributed by atoms with E-state index in [9.17, 15) is 4.79 Å². The Hall–Kier alpha value is -1.46. The maximum Gasteiger partial charge on any atom is 0.265 e. The Morgan fingerprint density at radius 3 is 2.62 bits per heavy atom. The molecule has 0 aliphatic carbocycles. The van der Waals surface area contributed by atoms with Gasteiger partial charge in [-0.3, -0.25) is 9.93 Å². The van der Waals surface area contributed by atoms with Gasteiger partial charge in [-0.1, -0.05) is 12.1 Å². The number of hydrogen-bond acceptors (Lipinski definition) is 4. The Bertz CT molecular complexity index is 425. The van der Waals surface area contributed by atoms with Crippen molar-refractivity contribution >= 4 is 23.5 Å². The van der Waals surface area contributed by atoms with Crippen LogP contribution in [0.25, 0.3) is 0 Å². The van der Waals surface area contributed by atoms with E-state index in [4.69, 9.17) is 10.9 Å². The summed E-state index contributed by atoms with van der Waals surface area (Å²) >= 11 is 0.852. The quantitative estimate of drug-likeness (QED) is 0.552. The van der Waals surface area contributed by atoms with Crippen molar-refractivity contribution in [2.24, 2.45) is 10.9 Å². The van der Waals surface area contributed by atoms with Gasteiger partial charge in [0.15, 0.2) is 0 Å². The molecule has 16 heavy (non-hydrogen) atoms. The van der Waals surface area contributed by atoms with Gasteiger partial charge in [0.25, 0.3) is 5.91 Å². The predicted octanol–water partition coefficient (Wildman–Crippen LogP) is 1.73. The molecule has 0 bridgehead atoms. The highest BCUT2D eigenvalue weighted by Crippen LogP contribution is 2.16. The number of carbonyl (C=O) groups is 1. The number of nitrogens with two attached hydrogens (primary N) is 2.